The van der Waals surface area contributed by atoms with Crippen molar-refractivity contribution in [1.29, 1.82) is 0 Å². The van der Waals surface area contributed by atoms with Crippen LogP contribution in [-0.2, 0) is 14.2 Å². The molecular formula is C16H30O3. The molecule has 0 N–H and O–H groups in total. The van der Waals surface area contributed by atoms with Gasteiger partial charge in [-0.15, -0.1) is 0 Å². The Kier molecular flexibility index (Phi) is 13.1. The van der Waals surface area contributed by atoms with Gasteiger partial charge in [0, 0.05) is 13.2 Å². The van der Waals surface area contributed by atoms with E-state index in [0.29, 0.717) is 0 Å². The fourth-order valence-electron chi connectivity index (χ4n) is 1.47. The van der Waals surface area contributed by atoms with Gasteiger partial charge in [0.25, 0.3) is 0 Å². The average molecular weight is 270 g/mol. The van der Waals surface area contributed by atoms with Crippen LogP contribution in [0.4, 0.5) is 0 Å². The first kappa shape index (κ1) is 18.2. The zero-order chi connectivity index (χ0) is 14.3. The molecule has 0 saturated carbocycles. The topological polar surface area (TPSA) is 27.7 Å². The van der Waals surface area contributed by atoms with E-state index >= 15 is 0 Å². The molecule has 0 bridgehead atoms. The molecule has 3 heteroatoms. The maximum absolute atomic E-state index is 5.63. The van der Waals surface area contributed by atoms with E-state index in [-0.39, 0.29) is 12.2 Å². The zero-order valence-electron chi connectivity index (χ0n) is 12.9. The van der Waals surface area contributed by atoms with Gasteiger partial charge in [0.1, 0.15) is 0 Å². The second-order valence-corrected chi connectivity index (χ2v) is 4.43. The molecule has 0 amide bonds. The van der Waals surface area contributed by atoms with E-state index in [4.69, 9.17) is 14.2 Å². The summed E-state index contributed by atoms with van der Waals surface area (Å²) >= 11 is 0. The molecule has 0 rings (SSSR count). The van der Waals surface area contributed by atoms with E-state index in [1.807, 2.05) is 12.2 Å². The van der Waals surface area contributed by atoms with Crippen LogP contribution in [0.2, 0.25) is 0 Å². The normalized spacial score (nSPS) is 15.2. The number of rotatable bonds is 12. The Bertz CT molecular complexity index is 212. The Morgan fingerprint density at radius 2 is 1.16 bits per heavy atom. The SMILES string of the molecule is CCCOC(C=COC=CC(CC)OCCC)CC. The summed E-state index contributed by atoms with van der Waals surface area (Å²) in [5, 5.41) is 0. The van der Waals surface area contributed by atoms with Crippen molar-refractivity contribution < 1.29 is 14.2 Å². The molecule has 0 aromatic rings. The first-order chi connectivity index (χ1) is 9.28. The van der Waals surface area contributed by atoms with Gasteiger partial charge in [-0.2, -0.15) is 0 Å². The van der Waals surface area contributed by atoms with Gasteiger partial charge in [-0.1, -0.05) is 27.7 Å². The van der Waals surface area contributed by atoms with Gasteiger partial charge in [0.15, 0.2) is 0 Å². The van der Waals surface area contributed by atoms with Crippen LogP contribution in [0.5, 0.6) is 0 Å². The molecule has 0 radical (unpaired) electrons. The van der Waals surface area contributed by atoms with Crippen LogP contribution >= 0.6 is 0 Å². The van der Waals surface area contributed by atoms with Crippen molar-refractivity contribution in [2.75, 3.05) is 13.2 Å². The molecule has 0 saturated heterocycles. The number of hydrogen-bond acceptors (Lipinski definition) is 3. The van der Waals surface area contributed by atoms with Crippen molar-refractivity contribution in [1.82, 2.24) is 0 Å². The van der Waals surface area contributed by atoms with E-state index in [9.17, 15) is 0 Å². The summed E-state index contributed by atoms with van der Waals surface area (Å²) in [4.78, 5) is 0. The minimum absolute atomic E-state index is 0.145. The molecule has 2 atom stereocenters. The van der Waals surface area contributed by atoms with Crippen molar-refractivity contribution in [2.24, 2.45) is 0 Å². The van der Waals surface area contributed by atoms with Crippen molar-refractivity contribution >= 4 is 0 Å². The first-order valence-corrected chi connectivity index (χ1v) is 7.50. The largest absolute Gasteiger partial charge is 0.473 e. The molecule has 19 heavy (non-hydrogen) atoms. The second-order valence-electron chi connectivity index (χ2n) is 4.43. The Labute approximate surface area is 118 Å². The van der Waals surface area contributed by atoms with Crippen LogP contribution < -0.4 is 0 Å². The van der Waals surface area contributed by atoms with E-state index in [2.05, 4.69) is 27.7 Å². The molecule has 0 aliphatic heterocycles. The molecule has 112 valence electrons. The Hall–Kier alpha value is -0.800. The van der Waals surface area contributed by atoms with Crippen LogP contribution in [0.25, 0.3) is 0 Å². The van der Waals surface area contributed by atoms with Gasteiger partial charge in [0.05, 0.1) is 24.7 Å². The van der Waals surface area contributed by atoms with Crippen molar-refractivity contribution in [3.05, 3.63) is 24.7 Å². The lowest BCUT2D eigenvalue weighted by Crippen LogP contribution is -2.09. The van der Waals surface area contributed by atoms with Crippen LogP contribution in [-0.4, -0.2) is 25.4 Å². The molecule has 0 aromatic carbocycles. The Morgan fingerprint density at radius 3 is 1.47 bits per heavy atom. The second kappa shape index (κ2) is 13.6. The predicted molar refractivity (Wildman–Crippen MR) is 80.0 cm³/mol. The third kappa shape index (κ3) is 10.8. The van der Waals surface area contributed by atoms with Crippen LogP contribution in [0.1, 0.15) is 53.4 Å². The standard InChI is InChI=1S/C16H30O3/c1-5-11-18-15(7-3)9-13-17-14-10-16(8-4)19-12-6-2/h9-10,13-16H,5-8,11-12H2,1-4H3. The summed E-state index contributed by atoms with van der Waals surface area (Å²) in [7, 11) is 0. The summed E-state index contributed by atoms with van der Waals surface area (Å²) in [6, 6.07) is 0. The van der Waals surface area contributed by atoms with Gasteiger partial charge in [-0.3, -0.25) is 0 Å². The van der Waals surface area contributed by atoms with E-state index in [1.165, 1.54) is 0 Å². The smallest absolute Gasteiger partial charge is 0.0887 e. The lowest BCUT2D eigenvalue weighted by Gasteiger charge is -2.11. The van der Waals surface area contributed by atoms with Gasteiger partial charge in [-0.05, 0) is 37.8 Å². The average Bonchev–Trinajstić information content (AvgIpc) is 2.45. The van der Waals surface area contributed by atoms with Crippen molar-refractivity contribution in [3.8, 4) is 0 Å². The summed E-state index contributed by atoms with van der Waals surface area (Å²) < 4.78 is 16.6. The van der Waals surface area contributed by atoms with E-state index in [1.54, 1.807) is 12.5 Å². The van der Waals surface area contributed by atoms with Crippen LogP contribution in [0, 0.1) is 0 Å². The van der Waals surface area contributed by atoms with Crippen molar-refractivity contribution in [2.45, 2.75) is 65.6 Å². The fourth-order valence-corrected chi connectivity index (χ4v) is 1.47. The quantitative estimate of drug-likeness (QED) is 0.491. The molecule has 3 nitrogen and oxygen atoms in total. The minimum Gasteiger partial charge on any atom is -0.473 e. The van der Waals surface area contributed by atoms with E-state index in [0.717, 1.165) is 38.9 Å². The first-order valence-electron chi connectivity index (χ1n) is 7.50. The summed E-state index contributed by atoms with van der Waals surface area (Å²) in [6.45, 7) is 10.0. The molecule has 0 heterocycles. The minimum atomic E-state index is 0.145. The highest BCUT2D eigenvalue weighted by molar-refractivity contribution is 4.88. The van der Waals surface area contributed by atoms with Crippen molar-refractivity contribution in [3.63, 3.8) is 0 Å². The molecule has 0 fully saturated rings. The lowest BCUT2D eigenvalue weighted by molar-refractivity contribution is 0.0802. The van der Waals surface area contributed by atoms with Crippen LogP contribution in [0.15, 0.2) is 24.7 Å². The number of ether oxygens (including phenoxy) is 3. The summed E-state index contributed by atoms with van der Waals surface area (Å²) in [5.74, 6) is 0. The van der Waals surface area contributed by atoms with Gasteiger partial charge >= 0.3 is 0 Å². The highest BCUT2D eigenvalue weighted by Gasteiger charge is 2.01. The maximum atomic E-state index is 5.63. The Morgan fingerprint density at radius 1 is 0.737 bits per heavy atom. The molecule has 0 aromatic heterocycles. The monoisotopic (exact) mass is 270 g/mol. The highest BCUT2D eigenvalue weighted by atomic mass is 16.5. The van der Waals surface area contributed by atoms with Gasteiger partial charge in [-0.25, -0.2) is 0 Å². The maximum Gasteiger partial charge on any atom is 0.0887 e. The number of hydrogen-bond donors (Lipinski definition) is 0. The zero-order valence-corrected chi connectivity index (χ0v) is 12.9. The summed E-state index contributed by atoms with van der Waals surface area (Å²) in [5.41, 5.74) is 0. The van der Waals surface area contributed by atoms with Gasteiger partial charge in [0.2, 0.25) is 0 Å². The molecule has 2 unspecified atom stereocenters. The Balaban J connectivity index is 3.89. The lowest BCUT2D eigenvalue weighted by atomic mass is 10.3. The third-order valence-electron chi connectivity index (χ3n) is 2.62. The van der Waals surface area contributed by atoms with E-state index < -0.39 is 0 Å². The highest BCUT2D eigenvalue weighted by Crippen LogP contribution is 2.03. The molecule has 0 spiro atoms. The molecule has 0 aliphatic rings. The third-order valence-corrected chi connectivity index (χ3v) is 2.62. The molecule has 0 aliphatic carbocycles. The van der Waals surface area contributed by atoms with Crippen LogP contribution in [0.3, 0.4) is 0 Å². The molecular weight excluding hydrogens is 240 g/mol. The van der Waals surface area contributed by atoms with Gasteiger partial charge < -0.3 is 14.2 Å². The fraction of sp³-hybridized carbons (Fsp3) is 0.750. The predicted octanol–water partition coefficient (Wildman–Crippen LogP) is 4.44. The summed E-state index contributed by atoms with van der Waals surface area (Å²) in [6.07, 6.45) is 11.6.